The summed E-state index contributed by atoms with van der Waals surface area (Å²) in [6, 6.07) is 18.8. The van der Waals surface area contributed by atoms with Crippen LogP contribution in [0.3, 0.4) is 0 Å². The number of nitrogens with zero attached hydrogens (tertiary/aromatic N) is 1. The molecule has 16 heteroatoms. The maximum absolute atomic E-state index is 13.6. The fourth-order valence-electron chi connectivity index (χ4n) is 3.99. The van der Waals surface area contributed by atoms with Crippen LogP contribution in [0, 0.1) is 0 Å². The Bertz CT molecular complexity index is 1890. The van der Waals surface area contributed by atoms with E-state index in [1.165, 1.54) is 48.5 Å². The second kappa shape index (κ2) is 13.6. The van der Waals surface area contributed by atoms with Crippen LogP contribution in [-0.2, 0) is 31.0 Å². The number of sulfonamides is 2. The second-order valence-corrected chi connectivity index (χ2v) is 13.7. The molecule has 0 unspecified atom stereocenters. The van der Waals surface area contributed by atoms with E-state index >= 15 is 0 Å². The predicted octanol–water partition coefficient (Wildman–Crippen LogP) is 7.05. The number of anilines is 3. The van der Waals surface area contributed by atoms with E-state index in [0.717, 1.165) is 28.6 Å². The molecule has 0 aliphatic heterocycles. The van der Waals surface area contributed by atoms with Crippen molar-refractivity contribution in [1.82, 2.24) is 0 Å². The molecule has 238 valence electrons. The highest BCUT2D eigenvalue weighted by Gasteiger charge is 2.34. The molecule has 0 aliphatic rings. The van der Waals surface area contributed by atoms with Crippen molar-refractivity contribution in [2.24, 2.45) is 0 Å². The molecule has 0 saturated heterocycles. The Morgan fingerprint density at radius 2 is 1.40 bits per heavy atom. The van der Waals surface area contributed by atoms with E-state index in [9.17, 15) is 34.8 Å². The van der Waals surface area contributed by atoms with Crippen LogP contribution in [0.1, 0.15) is 12.5 Å². The number of carbonyl (C=O) groups excluding carboxylic acids is 1. The number of rotatable bonds is 11. The van der Waals surface area contributed by atoms with Gasteiger partial charge in [-0.15, -0.1) is 0 Å². The summed E-state index contributed by atoms with van der Waals surface area (Å²) in [7, 11) is -8.58. The molecule has 0 heterocycles. The first-order valence-electron chi connectivity index (χ1n) is 12.9. The summed E-state index contributed by atoms with van der Waals surface area (Å²) in [6.45, 7) is 1.53. The largest absolute Gasteiger partial charge is 0.494 e. The van der Waals surface area contributed by atoms with Crippen LogP contribution in [0.4, 0.5) is 30.2 Å². The zero-order valence-corrected chi connectivity index (χ0v) is 26.3. The van der Waals surface area contributed by atoms with E-state index < -0.39 is 49.3 Å². The summed E-state index contributed by atoms with van der Waals surface area (Å²) in [4.78, 5) is 12.6. The van der Waals surface area contributed by atoms with Crippen LogP contribution in [0.5, 0.6) is 5.75 Å². The number of nitrogens with one attached hydrogen (secondary N) is 2. The molecule has 0 bridgehead atoms. The van der Waals surface area contributed by atoms with Gasteiger partial charge in [-0.1, -0.05) is 23.2 Å². The molecule has 0 saturated carbocycles. The Morgan fingerprint density at radius 3 is 1.98 bits per heavy atom. The van der Waals surface area contributed by atoms with E-state index in [4.69, 9.17) is 27.9 Å². The van der Waals surface area contributed by atoms with Crippen molar-refractivity contribution in [3.8, 4) is 5.75 Å². The van der Waals surface area contributed by atoms with Crippen LogP contribution in [0.25, 0.3) is 0 Å². The molecular weight excluding hydrogens is 678 g/mol. The average molecular weight is 703 g/mol. The first kappa shape index (κ1) is 33.9. The fraction of sp³-hybridized carbons (Fsp3) is 0.138. The van der Waals surface area contributed by atoms with E-state index in [2.05, 4.69) is 10.0 Å². The minimum absolute atomic E-state index is 0.112. The number of halogens is 5. The number of amides is 1. The Balaban J connectivity index is 1.53. The summed E-state index contributed by atoms with van der Waals surface area (Å²) in [5.74, 6) is -0.257. The molecule has 4 aromatic carbocycles. The van der Waals surface area contributed by atoms with E-state index in [1.807, 2.05) is 0 Å². The van der Waals surface area contributed by atoms with Gasteiger partial charge < -0.3 is 10.1 Å². The first-order valence-corrected chi connectivity index (χ1v) is 16.6. The summed E-state index contributed by atoms with van der Waals surface area (Å²) >= 11 is 11.5. The van der Waals surface area contributed by atoms with Gasteiger partial charge in [-0.25, -0.2) is 16.8 Å². The lowest BCUT2D eigenvalue weighted by Crippen LogP contribution is -2.38. The van der Waals surface area contributed by atoms with Crippen LogP contribution >= 0.6 is 23.2 Å². The standard InChI is InChI=1S/C29H24Cl2F3N3O6S2/c1-2-43-23-10-8-22(9-11-23)37(45(41,42)25-12-3-19(30)4-13-25)18-28(38)35-20-5-14-24(15-6-20)44(39,40)36-21-7-16-27(31)26(17-21)29(32,33)34/h3-17,36H,2,18H2,1H3,(H,35,38). The van der Waals surface area contributed by atoms with Crippen molar-refractivity contribution < 1.29 is 39.5 Å². The summed E-state index contributed by atoms with van der Waals surface area (Å²) in [5, 5.41) is 2.25. The van der Waals surface area contributed by atoms with Gasteiger partial charge in [0.15, 0.2) is 0 Å². The lowest BCUT2D eigenvalue weighted by Gasteiger charge is -2.24. The minimum atomic E-state index is -4.80. The van der Waals surface area contributed by atoms with Gasteiger partial charge in [0, 0.05) is 16.4 Å². The van der Waals surface area contributed by atoms with Crippen molar-refractivity contribution in [3.63, 3.8) is 0 Å². The fourth-order valence-corrected chi connectivity index (χ4v) is 6.81. The number of hydrogen-bond acceptors (Lipinski definition) is 6. The van der Waals surface area contributed by atoms with Crippen molar-refractivity contribution >= 4 is 66.2 Å². The third kappa shape index (κ3) is 8.39. The smallest absolute Gasteiger partial charge is 0.417 e. The molecule has 9 nitrogen and oxygen atoms in total. The molecule has 4 rings (SSSR count). The van der Waals surface area contributed by atoms with Gasteiger partial charge in [-0.3, -0.25) is 13.8 Å². The number of benzene rings is 4. The summed E-state index contributed by atoms with van der Waals surface area (Å²) in [6.07, 6.45) is -4.80. The third-order valence-electron chi connectivity index (χ3n) is 6.10. The molecule has 0 radical (unpaired) electrons. The van der Waals surface area contributed by atoms with Gasteiger partial charge in [-0.05, 0) is 97.9 Å². The van der Waals surface area contributed by atoms with E-state index in [0.29, 0.717) is 23.4 Å². The quantitative estimate of drug-likeness (QED) is 0.173. The molecule has 2 N–H and O–H groups in total. The van der Waals surface area contributed by atoms with Crippen molar-refractivity contribution in [2.75, 3.05) is 27.5 Å². The van der Waals surface area contributed by atoms with E-state index in [1.54, 1.807) is 19.1 Å². The highest BCUT2D eigenvalue weighted by molar-refractivity contribution is 7.93. The number of alkyl halides is 3. The van der Waals surface area contributed by atoms with Gasteiger partial charge >= 0.3 is 6.18 Å². The van der Waals surface area contributed by atoms with Crippen LogP contribution in [0.2, 0.25) is 10.0 Å². The molecule has 1 amide bonds. The number of carbonyl (C=O) groups is 1. The normalized spacial score (nSPS) is 12.0. The minimum Gasteiger partial charge on any atom is -0.494 e. The number of hydrogen-bond donors (Lipinski definition) is 2. The maximum atomic E-state index is 13.6. The molecular formula is C29H24Cl2F3N3O6S2. The zero-order valence-electron chi connectivity index (χ0n) is 23.2. The molecule has 45 heavy (non-hydrogen) atoms. The molecule has 0 fully saturated rings. The Kier molecular flexibility index (Phi) is 10.2. The van der Waals surface area contributed by atoms with Gasteiger partial charge in [0.1, 0.15) is 12.3 Å². The molecule has 0 aromatic heterocycles. The topological polar surface area (TPSA) is 122 Å². The predicted molar refractivity (Wildman–Crippen MR) is 166 cm³/mol. The van der Waals surface area contributed by atoms with Gasteiger partial charge in [0.2, 0.25) is 5.91 Å². The second-order valence-electron chi connectivity index (χ2n) is 9.26. The SMILES string of the molecule is CCOc1ccc(N(CC(=O)Nc2ccc(S(=O)(=O)Nc3ccc(Cl)c(C(F)(F)F)c3)cc2)S(=O)(=O)c2ccc(Cl)cc2)cc1. The summed E-state index contributed by atoms with van der Waals surface area (Å²) in [5.41, 5.74) is -1.27. The zero-order chi connectivity index (χ0) is 33.0. The average Bonchev–Trinajstić information content (AvgIpc) is 2.97. The lowest BCUT2D eigenvalue weighted by atomic mass is 10.2. The third-order valence-corrected chi connectivity index (χ3v) is 9.86. The van der Waals surface area contributed by atoms with Crippen molar-refractivity contribution in [3.05, 3.63) is 107 Å². The molecule has 4 aromatic rings. The van der Waals surface area contributed by atoms with Crippen LogP contribution in [0.15, 0.2) is 101 Å². The maximum Gasteiger partial charge on any atom is 0.417 e. The molecule has 0 spiro atoms. The number of ether oxygens (including phenoxy) is 1. The summed E-state index contributed by atoms with van der Waals surface area (Å²) < 4.78 is 101. The Labute approximate surface area is 267 Å². The van der Waals surface area contributed by atoms with Gasteiger partial charge in [0.25, 0.3) is 20.0 Å². The van der Waals surface area contributed by atoms with Crippen molar-refractivity contribution in [2.45, 2.75) is 22.9 Å². The van der Waals surface area contributed by atoms with Crippen LogP contribution < -0.4 is 19.1 Å². The lowest BCUT2D eigenvalue weighted by molar-refractivity contribution is -0.137. The van der Waals surface area contributed by atoms with Gasteiger partial charge in [0.05, 0.1) is 32.7 Å². The first-order chi connectivity index (χ1) is 21.1. The van der Waals surface area contributed by atoms with E-state index in [-0.39, 0.29) is 26.9 Å². The molecule has 0 atom stereocenters. The van der Waals surface area contributed by atoms with Crippen molar-refractivity contribution in [1.29, 1.82) is 0 Å². The highest BCUT2D eigenvalue weighted by Crippen LogP contribution is 2.36. The highest BCUT2D eigenvalue weighted by atomic mass is 35.5. The van der Waals surface area contributed by atoms with Gasteiger partial charge in [-0.2, -0.15) is 13.2 Å². The Morgan fingerprint density at radius 1 is 0.822 bits per heavy atom. The monoisotopic (exact) mass is 701 g/mol. The Hall–Kier alpha value is -3.98. The van der Waals surface area contributed by atoms with Crippen LogP contribution in [-0.4, -0.2) is 35.9 Å². The molecule has 0 aliphatic carbocycles.